The summed E-state index contributed by atoms with van der Waals surface area (Å²) in [6.07, 6.45) is 5.44. The van der Waals surface area contributed by atoms with Crippen LogP contribution in [0.3, 0.4) is 0 Å². The van der Waals surface area contributed by atoms with Crippen LogP contribution in [0.15, 0.2) is 53.4 Å². The van der Waals surface area contributed by atoms with E-state index in [-0.39, 0.29) is 40.7 Å². The van der Waals surface area contributed by atoms with Crippen molar-refractivity contribution >= 4 is 33.7 Å². The first-order chi connectivity index (χ1) is 14.3. The molecular formula is C19H19N4NaO6S. The van der Waals surface area contributed by atoms with Gasteiger partial charge in [0.1, 0.15) is 0 Å². The summed E-state index contributed by atoms with van der Waals surface area (Å²) >= 11 is 0. The van der Waals surface area contributed by atoms with Crippen molar-refractivity contribution in [3.8, 4) is 0 Å². The number of amides is 2. The Morgan fingerprint density at radius 2 is 2.10 bits per heavy atom. The molecule has 1 aromatic heterocycles. The Bertz CT molecular complexity index is 1080. The predicted octanol–water partition coefficient (Wildman–Crippen LogP) is -4.91. The minimum absolute atomic E-state index is 0. The number of rotatable bonds is 7. The standard InChI is InChI=1S/C19H20N4O6S.Na/c20-7-3-9-22-15(24)6-5-12-11-30(28,29)18-14(10-13-4-1-2-8-21-13)17(25)23(18)16(12)19(26)27;/h1-2,4-6,8,10,18H,3,7,9,11,20H2,(H,22,24)(H,26,27);/q;+1/p-1/b6-5+,14-10-;/t18-;/m1./s1. The number of nitrogens with zero attached hydrogens (tertiary/aromatic N) is 2. The Hall–Kier alpha value is -2.31. The molecular weight excluding hydrogens is 435 g/mol. The molecule has 3 heterocycles. The molecule has 12 heteroatoms. The summed E-state index contributed by atoms with van der Waals surface area (Å²) in [6.45, 7) is 0.702. The van der Waals surface area contributed by atoms with Crippen molar-refractivity contribution < 1.29 is 57.5 Å². The Labute approximate surface area is 201 Å². The number of nitrogens with one attached hydrogen (secondary N) is 1. The molecule has 158 valence electrons. The Morgan fingerprint density at radius 1 is 1.35 bits per heavy atom. The van der Waals surface area contributed by atoms with Crippen molar-refractivity contribution in [2.75, 3.05) is 18.8 Å². The van der Waals surface area contributed by atoms with Crippen LogP contribution in [0.4, 0.5) is 0 Å². The maximum absolute atomic E-state index is 12.8. The second kappa shape index (κ2) is 10.3. The summed E-state index contributed by atoms with van der Waals surface area (Å²) in [7, 11) is -3.95. The molecule has 0 unspecified atom stereocenters. The first-order valence-electron chi connectivity index (χ1n) is 9.04. The number of allylic oxidation sites excluding steroid dienone is 1. The summed E-state index contributed by atoms with van der Waals surface area (Å²) in [5.41, 5.74) is 4.86. The minimum atomic E-state index is -3.95. The fourth-order valence-corrected chi connectivity index (χ4v) is 5.08. The van der Waals surface area contributed by atoms with E-state index in [9.17, 15) is 27.9 Å². The number of β-lactam (4-membered cyclic amide) rings is 1. The van der Waals surface area contributed by atoms with Crippen molar-refractivity contribution in [2.45, 2.75) is 11.8 Å². The fourth-order valence-electron chi connectivity index (χ4n) is 3.17. The van der Waals surface area contributed by atoms with Gasteiger partial charge in [-0.25, -0.2) is 8.42 Å². The summed E-state index contributed by atoms with van der Waals surface area (Å²) in [5, 5.41) is 12.8. The zero-order valence-electron chi connectivity index (χ0n) is 16.8. The van der Waals surface area contributed by atoms with Gasteiger partial charge in [-0.1, -0.05) is 12.1 Å². The van der Waals surface area contributed by atoms with E-state index < -0.39 is 44.4 Å². The van der Waals surface area contributed by atoms with E-state index in [0.717, 1.165) is 12.2 Å². The third-order valence-corrected chi connectivity index (χ3v) is 6.37. The molecule has 0 radical (unpaired) electrons. The molecule has 2 aliphatic heterocycles. The number of carbonyl (C=O) groups is 3. The SMILES string of the molecule is NCCCNC(=O)/C=C/C1=C(C(=O)[O-])N2C(=O)/C(=C/c3ccccn3)[C@H]2S(=O)(=O)C1.[Na+]. The van der Waals surface area contributed by atoms with Gasteiger partial charge in [0, 0.05) is 18.8 Å². The molecule has 0 bridgehead atoms. The third kappa shape index (κ3) is 5.31. The van der Waals surface area contributed by atoms with Gasteiger partial charge in [-0.05, 0) is 36.7 Å². The summed E-state index contributed by atoms with van der Waals surface area (Å²) in [4.78, 5) is 40.8. The molecule has 1 atom stereocenters. The smallest absolute Gasteiger partial charge is 0.543 e. The number of hydrogen-bond donors (Lipinski definition) is 2. The molecule has 0 spiro atoms. The Morgan fingerprint density at radius 3 is 2.71 bits per heavy atom. The van der Waals surface area contributed by atoms with Gasteiger partial charge in [0.05, 0.1) is 28.7 Å². The van der Waals surface area contributed by atoms with Crippen molar-refractivity contribution in [1.82, 2.24) is 15.2 Å². The van der Waals surface area contributed by atoms with E-state index in [1.807, 2.05) is 0 Å². The fraction of sp³-hybridized carbons (Fsp3) is 0.263. The van der Waals surface area contributed by atoms with E-state index in [4.69, 9.17) is 5.73 Å². The van der Waals surface area contributed by atoms with Gasteiger partial charge in [0.15, 0.2) is 15.2 Å². The molecule has 0 aromatic carbocycles. The van der Waals surface area contributed by atoms with Crippen molar-refractivity contribution in [1.29, 1.82) is 0 Å². The number of aliphatic carboxylic acids is 1. The molecule has 3 N–H and O–H groups in total. The molecule has 1 fully saturated rings. The second-order valence-electron chi connectivity index (χ2n) is 6.62. The summed E-state index contributed by atoms with van der Waals surface area (Å²) < 4.78 is 25.5. The number of pyridine rings is 1. The zero-order valence-corrected chi connectivity index (χ0v) is 19.6. The van der Waals surface area contributed by atoms with Gasteiger partial charge in [-0.3, -0.25) is 19.5 Å². The van der Waals surface area contributed by atoms with Crippen molar-refractivity contribution in [3.05, 3.63) is 59.1 Å². The number of fused-ring (bicyclic) bond motifs is 1. The first kappa shape index (κ1) is 25.0. The van der Waals surface area contributed by atoms with Gasteiger partial charge in [-0.15, -0.1) is 0 Å². The van der Waals surface area contributed by atoms with E-state index in [0.29, 0.717) is 30.1 Å². The Balaban J connectivity index is 0.00000341. The molecule has 0 aliphatic carbocycles. The number of carbonyl (C=O) groups excluding carboxylic acids is 3. The number of carboxylic acid groups (broad SMARTS) is 1. The maximum atomic E-state index is 12.8. The van der Waals surface area contributed by atoms with E-state index in [1.165, 1.54) is 12.3 Å². The van der Waals surface area contributed by atoms with Gasteiger partial charge >= 0.3 is 29.6 Å². The zero-order chi connectivity index (χ0) is 21.9. The van der Waals surface area contributed by atoms with Crippen LogP contribution in [0.5, 0.6) is 0 Å². The van der Waals surface area contributed by atoms with Crippen LogP contribution in [-0.4, -0.2) is 60.3 Å². The van der Waals surface area contributed by atoms with Crippen molar-refractivity contribution in [3.63, 3.8) is 0 Å². The first-order valence-corrected chi connectivity index (χ1v) is 10.8. The molecule has 1 saturated heterocycles. The van der Waals surface area contributed by atoms with Crippen LogP contribution < -0.4 is 45.7 Å². The Kier molecular flexibility index (Phi) is 8.32. The summed E-state index contributed by atoms with van der Waals surface area (Å²) in [6, 6.07) is 4.92. The molecule has 2 aliphatic rings. The number of carboxylic acids is 1. The predicted molar refractivity (Wildman–Crippen MR) is 104 cm³/mol. The average molecular weight is 454 g/mol. The molecule has 10 nitrogen and oxygen atoms in total. The molecule has 31 heavy (non-hydrogen) atoms. The minimum Gasteiger partial charge on any atom is -0.543 e. The molecule has 2 amide bonds. The maximum Gasteiger partial charge on any atom is 1.00 e. The van der Waals surface area contributed by atoms with Gasteiger partial charge < -0.3 is 21.0 Å². The number of aromatic nitrogens is 1. The van der Waals surface area contributed by atoms with Crippen LogP contribution in [0, 0.1) is 0 Å². The van der Waals surface area contributed by atoms with Crippen LogP contribution in [0.25, 0.3) is 6.08 Å². The monoisotopic (exact) mass is 454 g/mol. The van der Waals surface area contributed by atoms with Crippen molar-refractivity contribution in [2.24, 2.45) is 5.73 Å². The molecule has 3 rings (SSSR count). The second-order valence-corrected chi connectivity index (χ2v) is 8.68. The van der Waals surface area contributed by atoms with Crippen LogP contribution in [0.2, 0.25) is 0 Å². The number of hydrogen-bond acceptors (Lipinski definition) is 8. The van der Waals surface area contributed by atoms with E-state index in [1.54, 1.807) is 18.2 Å². The van der Waals surface area contributed by atoms with Crippen LogP contribution in [-0.2, 0) is 24.2 Å². The quantitative estimate of drug-likeness (QED) is 0.179. The average Bonchev–Trinajstić information content (AvgIpc) is 2.70. The number of sulfone groups is 1. The van der Waals surface area contributed by atoms with Gasteiger partial charge in [0.25, 0.3) is 5.91 Å². The largest absolute Gasteiger partial charge is 1.00 e. The van der Waals surface area contributed by atoms with Gasteiger partial charge in [0.2, 0.25) is 5.91 Å². The van der Waals surface area contributed by atoms with Gasteiger partial charge in [-0.2, -0.15) is 0 Å². The normalized spacial score (nSPS) is 20.8. The molecule has 1 aromatic rings. The van der Waals surface area contributed by atoms with Crippen LogP contribution >= 0.6 is 0 Å². The number of nitrogens with two attached hydrogens (primary N) is 1. The van der Waals surface area contributed by atoms with Crippen LogP contribution in [0.1, 0.15) is 12.1 Å². The molecule has 0 saturated carbocycles. The topological polar surface area (TPSA) is 163 Å². The summed E-state index contributed by atoms with van der Waals surface area (Å²) in [5.74, 6) is -3.68. The van der Waals surface area contributed by atoms with E-state index in [2.05, 4.69) is 10.3 Å². The van der Waals surface area contributed by atoms with E-state index >= 15 is 0 Å². The third-order valence-electron chi connectivity index (χ3n) is 4.51.